The molecule has 3 rings (SSSR count). The second-order valence-electron chi connectivity index (χ2n) is 6.54. The van der Waals surface area contributed by atoms with Crippen LogP contribution in [0.1, 0.15) is 43.0 Å². The van der Waals surface area contributed by atoms with Crippen molar-refractivity contribution in [3.63, 3.8) is 0 Å². The summed E-state index contributed by atoms with van der Waals surface area (Å²) in [6.45, 7) is 4.06. The van der Waals surface area contributed by atoms with Crippen LogP contribution in [0.25, 0.3) is 0 Å². The Morgan fingerprint density at radius 3 is 2.35 bits per heavy atom. The molecule has 0 bridgehead atoms. The lowest BCUT2D eigenvalue weighted by atomic mass is 9.97. The Kier molecular flexibility index (Phi) is 4.55. The molecule has 1 N–H and O–H groups in total. The van der Waals surface area contributed by atoms with Crippen LogP contribution < -0.4 is 4.72 Å². The topological polar surface area (TPSA) is 46.2 Å². The Morgan fingerprint density at radius 1 is 0.957 bits per heavy atom. The van der Waals surface area contributed by atoms with Crippen LogP contribution in [0.5, 0.6) is 0 Å². The number of nitrogens with one attached hydrogen (secondary N) is 1. The third kappa shape index (κ3) is 3.48. The predicted molar refractivity (Wildman–Crippen MR) is 92.8 cm³/mol. The highest BCUT2D eigenvalue weighted by Crippen LogP contribution is 2.27. The Labute approximate surface area is 138 Å². The van der Waals surface area contributed by atoms with Crippen LogP contribution in [0.4, 0.5) is 0 Å². The molecule has 0 spiro atoms. The van der Waals surface area contributed by atoms with Gasteiger partial charge in [0, 0.05) is 6.04 Å². The van der Waals surface area contributed by atoms with Crippen LogP contribution in [0.15, 0.2) is 53.4 Å². The van der Waals surface area contributed by atoms with Gasteiger partial charge in [-0.2, -0.15) is 0 Å². The smallest absolute Gasteiger partial charge is 0.207 e. The number of hydrogen-bond donors (Lipinski definition) is 1. The maximum atomic E-state index is 12.8. The fourth-order valence-electron chi connectivity index (χ4n) is 3.20. The summed E-state index contributed by atoms with van der Waals surface area (Å²) in [5, 5.41) is 0. The van der Waals surface area contributed by atoms with Gasteiger partial charge in [0.1, 0.15) is 0 Å². The first kappa shape index (κ1) is 16.2. The van der Waals surface area contributed by atoms with E-state index in [1.54, 1.807) is 6.07 Å². The molecule has 0 saturated heterocycles. The molecule has 0 aliphatic heterocycles. The van der Waals surface area contributed by atoms with Crippen LogP contribution >= 0.6 is 0 Å². The molecule has 1 unspecified atom stereocenters. The van der Waals surface area contributed by atoms with Crippen LogP contribution in [-0.2, 0) is 22.9 Å². The summed E-state index contributed by atoms with van der Waals surface area (Å²) in [7, 11) is -3.52. The molecule has 122 valence electrons. The highest BCUT2D eigenvalue weighted by atomic mass is 32.2. The fraction of sp³-hybridized carbons (Fsp3) is 0.368. The van der Waals surface area contributed by atoms with Gasteiger partial charge in [-0.05, 0) is 54.0 Å². The van der Waals surface area contributed by atoms with E-state index in [4.69, 9.17) is 0 Å². The molecule has 3 nitrogen and oxygen atoms in total. The monoisotopic (exact) mass is 329 g/mol. The number of benzene rings is 2. The zero-order valence-corrected chi connectivity index (χ0v) is 14.4. The summed E-state index contributed by atoms with van der Waals surface area (Å²) < 4.78 is 28.5. The summed E-state index contributed by atoms with van der Waals surface area (Å²) in [5.74, 6) is 0.168. The maximum Gasteiger partial charge on any atom is 0.241 e. The molecule has 0 radical (unpaired) electrons. The van der Waals surface area contributed by atoms with Gasteiger partial charge in [0.15, 0.2) is 0 Å². The van der Waals surface area contributed by atoms with Crippen LogP contribution in [0.3, 0.4) is 0 Å². The highest BCUT2D eigenvalue weighted by Gasteiger charge is 2.25. The summed E-state index contributed by atoms with van der Waals surface area (Å²) in [6.07, 6.45) is 3.15. The van der Waals surface area contributed by atoms with Crippen molar-refractivity contribution >= 4 is 10.0 Å². The van der Waals surface area contributed by atoms with E-state index in [1.807, 2.05) is 56.3 Å². The highest BCUT2D eigenvalue weighted by molar-refractivity contribution is 7.89. The molecule has 2 aromatic carbocycles. The molecule has 2 aromatic rings. The van der Waals surface area contributed by atoms with Crippen molar-refractivity contribution in [2.24, 2.45) is 5.92 Å². The summed E-state index contributed by atoms with van der Waals surface area (Å²) in [5.41, 5.74) is 3.45. The molecular weight excluding hydrogens is 306 g/mol. The van der Waals surface area contributed by atoms with E-state index in [2.05, 4.69) is 4.72 Å². The molecule has 0 amide bonds. The molecular formula is C19H23NO2S. The molecule has 0 heterocycles. The Morgan fingerprint density at radius 2 is 1.65 bits per heavy atom. The van der Waals surface area contributed by atoms with E-state index >= 15 is 0 Å². The van der Waals surface area contributed by atoms with Crippen molar-refractivity contribution in [2.75, 3.05) is 0 Å². The number of fused-ring (bicyclic) bond motifs is 1. The molecule has 0 saturated carbocycles. The minimum atomic E-state index is -3.52. The zero-order chi connectivity index (χ0) is 16.4. The molecule has 1 aliphatic carbocycles. The van der Waals surface area contributed by atoms with Crippen molar-refractivity contribution in [1.29, 1.82) is 0 Å². The van der Waals surface area contributed by atoms with E-state index < -0.39 is 10.0 Å². The van der Waals surface area contributed by atoms with Crippen molar-refractivity contribution < 1.29 is 8.42 Å². The fourth-order valence-corrected chi connectivity index (χ4v) is 4.62. The lowest BCUT2D eigenvalue weighted by Crippen LogP contribution is -2.31. The van der Waals surface area contributed by atoms with Crippen LogP contribution in [0, 0.1) is 5.92 Å². The van der Waals surface area contributed by atoms with Gasteiger partial charge in [-0.1, -0.05) is 50.2 Å². The first-order chi connectivity index (χ1) is 11.0. The van der Waals surface area contributed by atoms with Gasteiger partial charge in [-0.25, -0.2) is 13.1 Å². The average molecular weight is 329 g/mol. The minimum absolute atomic E-state index is 0.168. The van der Waals surface area contributed by atoms with Crippen molar-refractivity contribution in [1.82, 2.24) is 4.72 Å². The molecule has 1 atom stereocenters. The maximum absolute atomic E-state index is 12.8. The van der Waals surface area contributed by atoms with Crippen molar-refractivity contribution in [3.05, 3.63) is 65.2 Å². The van der Waals surface area contributed by atoms with Gasteiger partial charge < -0.3 is 0 Å². The number of hydrogen-bond acceptors (Lipinski definition) is 2. The van der Waals surface area contributed by atoms with Crippen LogP contribution in [-0.4, -0.2) is 8.42 Å². The second-order valence-corrected chi connectivity index (χ2v) is 8.25. The lowest BCUT2D eigenvalue weighted by Gasteiger charge is -2.23. The standard InChI is InChI=1S/C19H23NO2S/c1-14(2)19(16-7-4-3-5-8-16)20-23(21,22)18-12-11-15-9-6-10-17(15)13-18/h3-5,7-8,11-14,19-20H,6,9-10H2,1-2H3. The second kappa shape index (κ2) is 6.46. The SMILES string of the molecule is CC(C)C(NS(=O)(=O)c1ccc2c(c1)CCC2)c1ccccc1. The quantitative estimate of drug-likeness (QED) is 0.905. The van der Waals surface area contributed by atoms with E-state index in [0.29, 0.717) is 4.90 Å². The van der Waals surface area contributed by atoms with Crippen molar-refractivity contribution in [3.8, 4) is 0 Å². The molecule has 0 aromatic heterocycles. The summed E-state index contributed by atoms with van der Waals surface area (Å²) in [4.78, 5) is 0.375. The van der Waals surface area contributed by atoms with Crippen LogP contribution in [0.2, 0.25) is 0 Å². The third-order valence-electron chi connectivity index (χ3n) is 4.49. The zero-order valence-electron chi connectivity index (χ0n) is 13.6. The van der Waals surface area contributed by atoms with Gasteiger partial charge in [-0.3, -0.25) is 0 Å². The largest absolute Gasteiger partial charge is 0.241 e. The van der Waals surface area contributed by atoms with E-state index in [1.165, 1.54) is 11.1 Å². The number of rotatable bonds is 5. The van der Waals surface area contributed by atoms with Gasteiger partial charge in [0.05, 0.1) is 4.90 Å². The van der Waals surface area contributed by atoms with Gasteiger partial charge in [0.2, 0.25) is 10.0 Å². The molecule has 23 heavy (non-hydrogen) atoms. The average Bonchev–Trinajstić information content (AvgIpc) is 3.01. The lowest BCUT2D eigenvalue weighted by molar-refractivity contribution is 0.463. The van der Waals surface area contributed by atoms with Crippen molar-refractivity contribution in [2.45, 2.75) is 44.0 Å². The normalized spacial score (nSPS) is 15.6. The predicted octanol–water partition coefficient (Wildman–Crippen LogP) is 3.85. The van der Waals surface area contributed by atoms with Gasteiger partial charge >= 0.3 is 0 Å². The molecule has 0 fully saturated rings. The summed E-state index contributed by atoms with van der Waals surface area (Å²) in [6, 6.07) is 15.1. The van der Waals surface area contributed by atoms with E-state index in [9.17, 15) is 8.42 Å². The Bertz CT molecular complexity index is 782. The number of sulfonamides is 1. The third-order valence-corrected chi connectivity index (χ3v) is 5.93. The molecule has 1 aliphatic rings. The van der Waals surface area contributed by atoms with Gasteiger partial charge in [0.25, 0.3) is 0 Å². The summed E-state index contributed by atoms with van der Waals surface area (Å²) >= 11 is 0. The first-order valence-corrected chi connectivity index (χ1v) is 9.65. The Hall–Kier alpha value is -1.65. The number of aryl methyl sites for hydroxylation is 2. The van der Waals surface area contributed by atoms with E-state index in [0.717, 1.165) is 24.8 Å². The molecule has 4 heteroatoms. The minimum Gasteiger partial charge on any atom is -0.207 e. The first-order valence-electron chi connectivity index (χ1n) is 8.16. The Balaban J connectivity index is 1.90. The van der Waals surface area contributed by atoms with Gasteiger partial charge in [-0.15, -0.1) is 0 Å². The van der Waals surface area contributed by atoms with E-state index in [-0.39, 0.29) is 12.0 Å².